The third-order valence-electron chi connectivity index (χ3n) is 4.99. The minimum Gasteiger partial charge on any atom is -0.256 e. The van der Waals surface area contributed by atoms with Gasteiger partial charge in [0.2, 0.25) is 0 Å². The molecule has 1 aliphatic carbocycles. The SMILES string of the molecule is CC1(C)c2ccccc2-c2ccnc(-c3ccccc3)c2C1(F)F. The first kappa shape index (κ1) is 15.0. The first-order chi connectivity index (χ1) is 11.4. The van der Waals surface area contributed by atoms with Crippen LogP contribution in [-0.4, -0.2) is 4.98 Å². The predicted octanol–water partition coefficient (Wildman–Crippen LogP) is 5.80. The Labute approximate surface area is 140 Å². The summed E-state index contributed by atoms with van der Waals surface area (Å²) in [5.41, 5.74) is 1.91. The number of benzene rings is 2. The molecule has 1 aromatic heterocycles. The maximum atomic E-state index is 15.6. The van der Waals surface area contributed by atoms with E-state index in [2.05, 4.69) is 4.98 Å². The topological polar surface area (TPSA) is 12.9 Å². The van der Waals surface area contributed by atoms with Crippen LogP contribution < -0.4 is 0 Å². The Kier molecular flexibility index (Phi) is 3.11. The summed E-state index contributed by atoms with van der Waals surface area (Å²) in [6, 6.07) is 18.3. The molecule has 0 spiro atoms. The molecule has 0 N–H and O–H groups in total. The average molecular weight is 321 g/mol. The highest BCUT2D eigenvalue weighted by Gasteiger charge is 2.55. The number of halogens is 2. The zero-order valence-corrected chi connectivity index (χ0v) is 13.6. The van der Waals surface area contributed by atoms with Gasteiger partial charge in [-0.15, -0.1) is 0 Å². The standard InChI is InChI=1S/C21H17F2N/c1-20(2)17-11-7-6-10-15(17)16-12-13-24-19(18(16)21(20,22)23)14-8-4-3-5-9-14/h3-13H,1-2H3. The van der Waals surface area contributed by atoms with E-state index in [9.17, 15) is 0 Å². The van der Waals surface area contributed by atoms with Gasteiger partial charge in [0.25, 0.3) is 5.92 Å². The van der Waals surface area contributed by atoms with Crippen LogP contribution in [0.15, 0.2) is 66.9 Å². The van der Waals surface area contributed by atoms with E-state index in [1.807, 2.05) is 48.5 Å². The molecule has 3 aromatic rings. The molecule has 24 heavy (non-hydrogen) atoms. The van der Waals surface area contributed by atoms with Crippen molar-refractivity contribution in [2.24, 2.45) is 0 Å². The van der Waals surface area contributed by atoms with Crippen molar-refractivity contribution in [1.82, 2.24) is 4.98 Å². The van der Waals surface area contributed by atoms with Gasteiger partial charge in [-0.3, -0.25) is 4.98 Å². The fourth-order valence-electron chi connectivity index (χ4n) is 3.56. The largest absolute Gasteiger partial charge is 0.284 e. The second-order valence-electron chi connectivity index (χ2n) is 6.69. The number of hydrogen-bond acceptors (Lipinski definition) is 1. The van der Waals surface area contributed by atoms with Crippen LogP contribution >= 0.6 is 0 Å². The molecule has 4 rings (SSSR count). The summed E-state index contributed by atoms with van der Waals surface area (Å²) in [4.78, 5) is 4.32. The minimum atomic E-state index is -3.02. The zero-order valence-electron chi connectivity index (χ0n) is 13.6. The Balaban J connectivity index is 2.12. The van der Waals surface area contributed by atoms with E-state index in [4.69, 9.17) is 0 Å². The van der Waals surface area contributed by atoms with E-state index in [-0.39, 0.29) is 5.56 Å². The summed E-state index contributed by atoms with van der Waals surface area (Å²) in [6.07, 6.45) is 1.62. The molecule has 1 heterocycles. The Morgan fingerprint density at radius 3 is 2.21 bits per heavy atom. The molecule has 0 bridgehead atoms. The lowest BCUT2D eigenvalue weighted by molar-refractivity contribution is -0.0736. The quantitative estimate of drug-likeness (QED) is 0.552. The molecule has 0 saturated carbocycles. The summed E-state index contributed by atoms with van der Waals surface area (Å²) < 4.78 is 31.1. The molecule has 0 fully saturated rings. The molecule has 0 amide bonds. The van der Waals surface area contributed by atoms with Crippen molar-refractivity contribution in [3.63, 3.8) is 0 Å². The van der Waals surface area contributed by atoms with Gasteiger partial charge < -0.3 is 0 Å². The molecule has 3 heteroatoms. The third kappa shape index (κ3) is 1.87. The van der Waals surface area contributed by atoms with Crippen LogP contribution in [0.5, 0.6) is 0 Å². The second kappa shape index (κ2) is 4.97. The number of hydrogen-bond donors (Lipinski definition) is 0. The number of alkyl halides is 2. The molecule has 120 valence electrons. The Hall–Kier alpha value is -2.55. The average Bonchev–Trinajstić information content (AvgIpc) is 2.61. The van der Waals surface area contributed by atoms with Gasteiger partial charge in [-0.25, -0.2) is 8.78 Å². The van der Waals surface area contributed by atoms with E-state index in [1.165, 1.54) is 0 Å². The van der Waals surface area contributed by atoms with Crippen LogP contribution in [0.4, 0.5) is 8.78 Å². The van der Waals surface area contributed by atoms with Crippen molar-refractivity contribution in [2.45, 2.75) is 25.2 Å². The van der Waals surface area contributed by atoms with Gasteiger partial charge in [0.05, 0.1) is 16.7 Å². The lowest BCUT2D eigenvalue weighted by Crippen LogP contribution is -2.42. The fraction of sp³-hybridized carbons (Fsp3) is 0.190. The lowest BCUT2D eigenvalue weighted by Gasteiger charge is -2.42. The van der Waals surface area contributed by atoms with Crippen LogP contribution in [0.1, 0.15) is 25.0 Å². The van der Waals surface area contributed by atoms with Gasteiger partial charge in [0.1, 0.15) is 0 Å². The van der Waals surface area contributed by atoms with Crippen molar-refractivity contribution in [3.8, 4) is 22.4 Å². The molecule has 0 unspecified atom stereocenters. The van der Waals surface area contributed by atoms with E-state index in [1.54, 1.807) is 32.2 Å². The monoisotopic (exact) mass is 321 g/mol. The second-order valence-corrected chi connectivity index (χ2v) is 6.69. The van der Waals surface area contributed by atoms with Crippen molar-refractivity contribution >= 4 is 0 Å². The van der Waals surface area contributed by atoms with E-state index in [0.717, 1.165) is 5.56 Å². The van der Waals surface area contributed by atoms with Gasteiger partial charge in [-0.2, -0.15) is 0 Å². The zero-order chi connectivity index (χ0) is 16.9. The van der Waals surface area contributed by atoms with Crippen molar-refractivity contribution < 1.29 is 8.78 Å². The third-order valence-corrected chi connectivity index (χ3v) is 4.99. The molecular formula is C21H17F2N. The van der Waals surface area contributed by atoms with Crippen molar-refractivity contribution in [3.05, 3.63) is 78.0 Å². The smallest absolute Gasteiger partial charge is 0.256 e. The van der Waals surface area contributed by atoms with Gasteiger partial charge in [-0.1, -0.05) is 54.6 Å². The predicted molar refractivity (Wildman–Crippen MR) is 92.0 cm³/mol. The first-order valence-corrected chi connectivity index (χ1v) is 7.97. The lowest BCUT2D eigenvalue weighted by atomic mass is 9.67. The molecule has 2 aromatic carbocycles. The number of aromatic nitrogens is 1. The molecule has 0 radical (unpaired) electrons. The Bertz CT molecular complexity index is 900. The Morgan fingerprint density at radius 1 is 0.792 bits per heavy atom. The molecular weight excluding hydrogens is 304 g/mol. The number of pyridine rings is 1. The molecule has 0 atom stereocenters. The molecule has 1 aliphatic rings. The highest BCUT2D eigenvalue weighted by molar-refractivity contribution is 5.82. The molecule has 0 aliphatic heterocycles. The summed E-state index contributed by atoms with van der Waals surface area (Å²) >= 11 is 0. The number of nitrogens with zero attached hydrogens (tertiary/aromatic N) is 1. The van der Waals surface area contributed by atoms with E-state index >= 15 is 8.78 Å². The fourth-order valence-corrected chi connectivity index (χ4v) is 3.56. The summed E-state index contributed by atoms with van der Waals surface area (Å²) in [7, 11) is 0. The first-order valence-electron chi connectivity index (χ1n) is 7.97. The molecule has 0 saturated heterocycles. The normalized spacial score (nSPS) is 17.0. The summed E-state index contributed by atoms with van der Waals surface area (Å²) in [5.74, 6) is -3.02. The van der Waals surface area contributed by atoms with E-state index < -0.39 is 11.3 Å². The maximum absolute atomic E-state index is 15.6. The van der Waals surface area contributed by atoms with Gasteiger partial charge in [0.15, 0.2) is 0 Å². The van der Waals surface area contributed by atoms with Crippen molar-refractivity contribution in [2.75, 3.05) is 0 Å². The molecule has 1 nitrogen and oxygen atoms in total. The minimum absolute atomic E-state index is 0.0277. The highest BCUT2D eigenvalue weighted by Crippen LogP contribution is 2.57. The highest BCUT2D eigenvalue weighted by atomic mass is 19.3. The Morgan fingerprint density at radius 2 is 1.46 bits per heavy atom. The number of fused-ring (bicyclic) bond motifs is 3. The van der Waals surface area contributed by atoms with Crippen LogP contribution in [0, 0.1) is 0 Å². The summed E-state index contributed by atoms with van der Waals surface area (Å²) in [5, 5.41) is 0. The van der Waals surface area contributed by atoms with Gasteiger partial charge >= 0.3 is 0 Å². The van der Waals surface area contributed by atoms with Crippen molar-refractivity contribution in [1.29, 1.82) is 0 Å². The van der Waals surface area contributed by atoms with Crippen LogP contribution in [0.25, 0.3) is 22.4 Å². The summed E-state index contributed by atoms with van der Waals surface area (Å²) in [6.45, 7) is 3.22. The van der Waals surface area contributed by atoms with Gasteiger partial charge in [0, 0.05) is 11.8 Å². The van der Waals surface area contributed by atoms with Gasteiger partial charge in [-0.05, 0) is 36.6 Å². The number of rotatable bonds is 1. The van der Waals surface area contributed by atoms with Crippen LogP contribution in [-0.2, 0) is 11.3 Å². The van der Waals surface area contributed by atoms with Crippen LogP contribution in [0.3, 0.4) is 0 Å². The van der Waals surface area contributed by atoms with E-state index in [0.29, 0.717) is 22.4 Å². The maximum Gasteiger partial charge on any atom is 0.284 e. The van der Waals surface area contributed by atoms with Crippen LogP contribution in [0.2, 0.25) is 0 Å².